The number of fused-ring (bicyclic) bond motifs is 1. The second kappa shape index (κ2) is 5.07. The van der Waals surface area contributed by atoms with E-state index in [1.54, 1.807) is 11.3 Å². The van der Waals surface area contributed by atoms with Crippen molar-refractivity contribution in [1.82, 2.24) is 0 Å². The standard InChI is InChI=1S/C15H10OSSe/c16-10-14-15(18-11-6-2-1-3-7-11)12-8-4-5-9-13(12)17-14/h1-10H. The minimum atomic E-state index is 0.192. The van der Waals surface area contributed by atoms with Crippen molar-refractivity contribution in [3.05, 3.63) is 59.5 Å². The molecule has 0 spiro atoms. The van der Waals surface area contributed by atoms with Gasteiger partial charge in [0.15, 0.2) is 0 Å². The van der Waals surface area contributed by atoms with Gasteiger partial charge in [0.25, 0.3) is 0 Å². The van der Waals surface area contributed by atoms with Crippen LogP contribution >= 0.6 is 11.3 Å². The van der Waals surface area contributed by atoms with E-state index < -0.39 is 0 Å². The van der Waals surface area contributed by atoms with Gasteiger partial charge in [-0.1, -0.05) is 0 Å². The summed E-state index contributed by atoms with van der Waals surface area (Å²) in [5.41, 5.74) is 0. The van der Waals surface area contributed by atoms with Gasteiger partial charge in [-0.05, 0) is 0 Å². The van der Waals surface area contributed by atoms with Crippen molar-refractivity contribution in [2.75, 3.05) is 0 Å². The number of carbonyl (C=O) groups is 1. The molecule has 1 aromatic heterocycles. The van der Waals surface area contributed by atoms with Crippen LogP contribution in [0.5, 0.6) is 0 Å². The third-order valence-electron chi connectivity index (χ3n) is 2.65. The third-order valence-corrected chi connectivity index (χ3v) is 6.45. The molecule has 18 heavy (non-hydrogen) atoms. The van der Waals surface area contributed by atoms with Gasteiger partial charge in [-0.3, -0.25) is 0 Å². The fourth-order valence-corrected chi connectivity index (χ4v) is 5.39. The van der Waals surface area contributed by atoms with Crippen LogP contribution in [0.15, 0.2) is 54.6 Å². The molecule has 0 unspecified atom stereocenters. The van der Waals surface area contributed by atoms with Gasteiger partial charge in [-0.2, -0.15) is 0 Å². The Morgan fingerprint density at radius 3 is 2.44 bits per heavy atom. The van der Waals surface area contributed by atoms with Crippen LogP contribution in [0.2, 0.25) is 0 Å². The molecule has 0 aliphatic heterocycles. The SMILES string of the molecule is O=Cc1sc2ccccc2c1[Se]c1ccccc1. The van der Waals surface area contributed by atoms with Gasteiger partial charge in [0, 0.05) is 0 Å². The first-order chi connectivity index (χ1) is 8.88. The summed E-state index contributed by atoms with van der Waals surface area (Å²) in [6.07, 6.45) is 0.991. The number of benzene rings is 2. The maximum absolute atomic E-state index is 11.2. The molecule has 3 rings (SSSR count). The van der Waals surface area contributed by atoms with E-state index in [4.69, 9.17) is 0 Å². The van der Waals surface area contributed by atoms with Gasteiger partial charge in [0.1, 0.15) is 0 Å². The van der Waals surface area contributed by atoms with E-state index in [-0.39, 0.29) is 15.0 Å². The number of aldehydes is 1. The zero-order valence-electron chi connectivity index (χ0n) is 9.50. The normalized spacial score (nSPS) is 10.7. The quantitative estimate of drug-likeness (QED) is 0.535. The maximum atomic E-state index is 11.2. The van der Waals surface area contributed by atoms with E-state index in [2.05, 4.69) is 24.3 Å². The van der Waals surface area contributed by atoms with Gasteiger partial charge < -0.3 is 0 Å². The number of rotatable bonds is 3. The van der Waals surface area contributed by atoms with Gasteiger partial charge >= 0.3 is 116 Å². The van der Waals surface area contributed by atoms with E-state index in [0.29, 0.717) is 0 Å². The van der Waals surface area contributed by atoms with E-state index in [0.717, 1.165) is 11.2 Å². The summed E-state index contributed by atoms with van der Waals surface area (Å²) < 4.78 is 3.72. The summed E-state index contributed by atoms with van der Waals surface area (Å²) in [6.45, 7) is 0. The summed E-state index contributed by atoms with van der Waals surface area (Å²) in [6, 6.07) is 18.6. The molecule has 0 amide bonds. The van der Waals surface area contributed by atoms with Crippen molar-refractivity contribution in [2.45, 2.75) is 0 Å². The number of thiophene rings is 1. The summed E-state index contributed by atoms with van der Waals surface area (Å²) >= 11 is 1.78. The zero-order valence-corrected chi connectivity index (χ0v) is 12.0. The molecule has 0 saturated heterocycles. The van der Waals surface area contributed by atoms with E-state index in [9.17, 15) is 4.79 Å². The van der Waals surface area contributed by atoms with Gasteiger partial charge in [0.2, 0.25) is 0 Å². The van der Waals surface area contributed by atoms with E-state index in [1.165, 1.54) is 19.0 Å². The molecule has 3 heteroatoms. The molecular formula is C15H10OSSe. The molecule has 3 aromatic rings. The Balaban J connectivity index is 2.12. The molecule has 0 bridgehead atoms. The van der Waals surface area contributed by atoms with Crippen molar-refractivity contribution in [1.29, 1.82) is 0 Å². The Morgan fingerprint density at radius 2 is 1.67 bits per heavy atom. The zero-order chi connectivity index (χ0) is 12.4. The number of hydrogen-bond acceptors (Lipinski definition) is 2. The predicted octanol–water partition coefficient (Wildman–Crippen LogP) is 2.37. The molecule has 0 fully saturated rings. The Labute approximate surface area is 116 Å². The summed E-state index contributed by atoms with van der Waals surface area (Å²) in [7, 11) is 0. The fraction of sp³-hybridized carbons (Fsp3) is 0. The van der Waals surface area contributed by atoms with Crippen LogP contribution in [-0.4, -0.2) is 21.2 Å². The third kappa shape index (κ3) is 2.13. The van der Waals surface area contributed by atoms with Gasteiger partial charge in [0.05, 0.1) is 0 Å². The predicted molar refractivity (Wildman–Crippen MR) is 78.7 cm³/mol. The molecule has 1 nitrogen and oxygen atoms in total. The fourth-order valence-electron chi connectivity index (χ4n) is 1.83. The summed E-state index contributed by atoms with van der Waals surface area (Å²) in [4.78, 5) is 12.1. The Hall–Kier alpha value is -1.41. The van der Waals surface area contributed by atoms with Crippen LogP contribution < -0.4 is 8.92 Å². The first-order valence-corrected chi connectivity index (χ1v) is 8.11. The van der Waals surface area contributed by atoms with E-state index in [1.807, 2.05) is 30.3 Å². The van der Waals surface area contributed by atoms with Crippen LogP contribution in [-0.2, 0) is 0 Å². The monoisotopic (exact) mass is 318 g/mol. The molecule has 0 aliphatic carbocycles. The number of hydrogen-bond donors (Lipinski definition) is 0. The molecule has 88 valence electrons. The molecule has 0 saturated carbocycles. The van der Waals surface area contributed by atoms with Crippen molar-refractivity contribution in [3.63, 3.8) is 0 Å². The van der Waals surface area contributed by atoms with Crippen LogP contribution in [0.4, 0.5) is 0 Å². The van der Waals surface area contributed by atoms with Crippen LogP contribution in [0.25, 0.3) is 10.1 Å². The molecule has 0 aliphatic rings. The molecule has 0 radical (unpaired) electrons. The van der Waals surface area contributed by atoms with Crippen LogP contribution in [0, 0.1) is 0 Å². The summed E-state index contributed by atoms with van der Waals surface area (Å²) in [5.74, 6) is 0. The Morgan fingerprint density at radius 1 is 0.944 bits per heavy atom. The first-order valence-electron chi connectivity index (χ1n) is 5.58. The second-order valence-corrected chi connectivity index (χ2v) is 7.18. The van der Waals surface area contributed by atoms with Crippen LogP contribution in [0.1, 0.15) is 9.67 Å². The Kier molecular flexibility index (Phi) is 3.28. The molecular weight excluding hydrogens is 307 g/mol. The average molecular weight is 317 g/mol. The first kappa shape index (κ1) is 11.7. The van der Waals surface area contributed by atoms with Crippen LogP contribution in [0.3, 0.4) is 0 Å². The van der Waals surface area contributed by atoms with Crippen molar-refractivity contribution in [3.8, 4) is 0 Å². The molecule has 0 N–H and O–H groups in total. The van der Waals surface area contributed by atoms with E-state index >= 15 is 0 Å². The van der Waals surface area contributed by atoms with Gasteiger partial charge in [-0.15, -0.1) is 0 Å². The topological polar surface area (TPSA) is 17.1 Å². The Bertz CT molecular complexity index is 688. The minimum absolute atomic E-state index is 0.192. The molecule has 2 aromatic carbocycles. The van der Waals surface area contributed by atoms with Gasteiger partial charge in [-0.25, -0.2) is 0 Å². The molecule has 1 heterocycles. The second-order valence-electron chi connectivity index (χ2n) is 3.82. The van der Waals surface area contributed by atoms with Crippen molar-refractivity contribution < 1.29 is 4.79 Å². The van der Waals surface area contributed by atoms with Crippen molar-refractivity contribution in [2.24, 2.45) is 0 Å². The number of carbonyl (C=O) groups excluding carboxylic acids is 1. The molecule has 0 atom stereocenters. The average Bonchev–Trinajstić information content (AvgIpc) is 2.78. The summed E-state index contributed by atoms with van der Waals surface area (Å²) in [5, 5.41) is 1.23. The van der Waals surface area contributed by atoms with Crippen molar-refractivity contribution >= 4 is 51.6 Å².